The highest BCUT2D eigenvalue weighted by Crippen LogP contribution is 2.37. The van der Waals surface area contributed by atoms with Crippen LogP contribution in [0.15, 0.2) is 47.4 Å². The molecular weight excluding hydrogens is 390 g/mol. The highest BCUT2D eigenvalue weighted by atomic mass is 32.2. The van der Waals surface area contributed by atoms with Gasteiger partial charge in [-0.3, -0.25) is 9.69 Å². The summed E-state index contributed by atoms with van der Waals surface area (Å²) < 4.78 is 11.2. The van der Waals surface area contributed by atoms with E-state index in [0.717, 1.165) is 30.5 Å². The molecule has 4 nitrogen and oxygen atoms in total. The van der Waals surface area contributed by atoms with Crippen molar-refractivity contribution in [1.29, 1.82) is 0 Å². The van der Waals surface area contributed by atoms with Gasteiger partial charge in [-0.25, -0.2) is 0 Å². The Morgan fingerprint density at radius 2 is 1.86 bits per heavy atom. The summed E-state index contributed by atoms with van der Waals surface area (Å²) in [4.78, 5) is 15.1. The van der Waals surface area contributed by atoms with Crippen molar-refractivity contribution in [2.75, 3.05) is 19.1 Å². The normalized spacial score (nSPS) is 15.4. The van der Waals surface area contributed by atoms with Crippen LogP contribution in [0.25, 0.3) is 6.08 Å². The highest BCUT2D eigenvalue weighted by Gasteiger charge is 2.33. The quantitative estimate of drug-likeness (QED) is 0.446. The third-order valence-corrected chi connectivity index (χ3v) is 5.84. The summed E-state index contributed by atoms with van der Waals surface area (Å²) in [6, 6.07) is 13.6. The fourth-order valence-corrected chi connectivity index (χ4v) is 4.25. The lowest BCUT2D eigenvalue weighted by Gasteiger charge is -2.15. The second-order valence-electron chi connectivity index (χ2n) is 6.40. The average molecular weight is 414 g/mol. The Balaban J connectivity index is 1.84. The zero-order valence-corrected chi connectivity index (χ0v) is 17.9. The number of unbranched alkanes of at least 4 members (excludes halogenated alkanes) is 1. The fourth-order valence-electron chi connectivity index (χ4n) is 2.96. The number of ether oxygens (including phenoxy) is 2. The van der Waals surface area contributed by atoms with Gasteiger partial charge in [-0.05, 0) is 48.7 Å². The molecule has 1 aliphatic rings. The monoisotopic (exact) mass is 413 g/mol. The van der Waals surface area contributed by atoms with Gasteiger partial charge in [-0.15, -0.1) is 0 Å². The largest absolute Gasteiger partial charge is 0.497 e. The number of thiocarbonyl (C=S) groups is 1. The first-order valence-electron chi connectivity index (χ1n) is 9.16. The summed E-state index contributed by atoms with van der Waals surface area (Å²) in [5, 5.41) is 0. The number of amides is 1. The lowest BCUT2D eigenvalue weighted by atomic mass is 10.1. The maximum absolute atomic E-state index is 13.0. The Morgan fingerprint density at radius 1 is 1.11 bits per heavy atom. The molecule has 1 amide bonds. The van der Waals surface area contributed by atoms with E-state index in [2.05, 4.69) is 19.1 Å². The molecule has 0 aromatic heterocycles. The van der Waals surface area contributed by atoms with Crippen molar-refractivity contribution in [1.82, 2.24) is 0 Å². The van der Waals surface area contributed by atoms with Crippen LogP contribution in [-0.2, 0) is 11.2 Å². The van der Waals surface area contributed by atoms with E-state index in [1.54, 1.807) is 25.2 Å². The molecule has 0 N–H and O–H groups in total. The third-order valence-electron chi connectivity index (χ3n) is 4.53. The molecule has 2 aromatic rings. The molecule has 0 radical (unpaired) electrons. The summed E-state index contributed by atoms with van der Waals surface area (Å²) in [5.74, 6) is 1.23. The van der Waals surface area contributed by atoms with Crippen molar-refractivity contribution in [2.24, 2.45) is 0 Å². The van der Waals surface area contributed by atoms with E-state index in [1.807, 2.05) is 30.3 Å². The molecule has 28 heavy (non-hydrogen) atoms. The standard InChI is InChI=1S/C22H23NO3S2/c1-4-5-6-15-7-10-17(11-8-15)23-21(24)20(28-22(23)27)13-16-9-12-18(25-2)14-19(16)26-3/h7-14H,4-6H2,1-3H3. The second-order valence-corrected chi connectivity index (χ2v) is 8.07. The summed E-state index contributed by atoms with van der Waals surface area (Å²) in [6.45, 7) is 2.18. The van der Waals surface area contributed by atoms with Gasteiger partial charge >= 0.3 is 0 Å². The van der Waals surface area contributed by atoms with Crippen LogP contribution in [0.4, 0.5) is 5.69 Å². The van der Waals surface area contributed by atoms with E-state index >= 15 is 0 Å². The Hall–Kier alpha value is -2.31. The van der Waals surface area contributed by atoms with Crippen LogP contribution in [-0.4, -0.2) is 24.4 Å². The molecule has 1 heterocycles. The number of anilines is 1. The van der Waals surface area contributed by atoms with Gasteiger partial charge in [0, 0.05) is 11.6 Å². The van der Waals surface area contributed by atoms with Crippen LogP contribution in [0, 0.1) is 0 Å². The van der Waals surface area contributed by atoms with E-state index in [-0.39, 0.29) is 5.91 Å². The molecule has 6 heteroatoms. The summed E-state index contributed by atoms with van der Waals surface area (Å²) in [6.07, 6.45) is 5.18. The van der Waals surface area contributed by atoms with Gasteiger partial charge in [0.25, 0.3) is 5.91 Å². The first-order valence-corrected chi connectivity index (χ1v) is 10.4. The predicted molar refractivity (Wildman–Crippen MR) is 120 cm³/mol. The van der Waals surface area contributed by atoms with Crippen LogP contribution < -0.4 is 14.4 Å². The van der Waals surface area contributed by atoms with Gasteiger partial charge in [0.2, 0.25) is 0 Å². The predicted octanol–water partition coefficient (Wildman–Crippen LogP) is 5.45. The Labute approximate surface area is 175 Å². The van der Waals surface area contributed by atoms with Gasteiger partial charge < -0.3 is 9.47 Å². The minimum Gasteiger partial charge on any atom is -0.497 e. The van der Waals surface area contributed by atoms with Crippen molar-refractivity contribution >= 4 is 46.0 Å². The van der Waals surface area contributed by atoms with Crippen molar-refractivity contribution in [3.05, 3.63) is 58.5 Å². The number of hydrogen-bond donors (Lipinski definition) is 0. The SMILES string of the molecule is CCCCc1ccc(N2C(=O)C(=Cc3ccc(OC)cc3OC)SC2=S)cc1. The van der Waals surface area contributed by atoms with Crippen LogP contribution >= 0.6 is 24.0 Å². The fraction of sp³-hybridized carbons (Fsp3) is 0.273. The molecule has 1 saturated heterocycles. The smallest absolute Gasteiger partial charge is 0.270 e. The number of hydrogen-bond acceptors (Lipinski definition) is 5. The summed E-state index contributed by atoms with van der Waals surface area (Å²) in [5.41, 5.74) is 2.88. The maximum Gasteiger partial charge on any atom is 0.270 e. The molecule has 0 bridgehead atoms. The number of carbonyl (C=O) groups is 1. The minimum atomic E-state index is -0.117. The molecule has 1 fully saturated rings. The zero-order chi connectivity index (χ0) is 20.1. The van der Waals surface area contributed by atoms with Gasteiger partial charge in [0.05, 0.1) is 24.8 Å². The number of carbonyl (C=O) groups excluding carboxylic acids is 1. The van der Waals surface area contributed by atoms with Gasteiger partial charge in [0.15, 0.2) is 4.32 Å². The Kier molecular flexibility index (Phi) is 6.75. The number of methoxy groups -OCH3 is 2. The number of rotatable bonds is 7. The molecule has 0 atom stereocenters. The van der Waals surface area contributed by atoms with Gasteiger partial charge in [-0.2, -0.15) is 0 Å². The topological polar surface area (TPSA) is 38.8 Å². The van der Waals surface area contributed by atoms with Crippen molar-refractivity contribution in [3.8, 4) is 11.5 Å². The minimum absolute atomic E-state index is 0.117. The zero-order valence-electron chi connectivity index (χ0n) is 16.2. The van der Waals surface area contributed by atoms with E-state index in [9.17, 15) is 4.79 Å². The van der Waals surface area contributed by atoms with Gasteiger partial charge in [0.1, 0.15) is 11.5 Å². The second kappa shape index (κ2) is 9.26. The Morgan fingerprint density at radius 3 is 2.50 bits per heavy atom. The van der Waals surface area contributed by atoms with E-state index < -0.39 is 0 Å². The molecule has 146 valence electrons. The van der Waals surface area contributed by atoms with Crippen molar-refractivity contribution < 1.29 is 14.3 Å². The summed E-state index contributed by atoms with van der Waals surface area (Å²) >= 11 is 6.77. The molecule has 0 unspecified atom stereocenters. The molecule has 0 aliphatic carbocycles. The average Bonchev–Trinajstić information content (AvgIpc) is 3.00. The maximum atomic E-state index is 13.0. The first kappa shape index (κ1) is 20.4. The van der Waals surface area contributed by atoms with Crippen LogP contribution in [0.5, 0.6) is 11.5 Å². The van der Waals surface area contributed by atoms with Crippen LogP contribution in [0.3, 0.4) is 0 Å². The lowest BCUT2D eigenvalue weighted by molar-refractivity contribution is -0.113. The first-order chi connectivity index (χ1) is 13.6. The molecule has 0 spiro atoms. The Bertz CT molecular complexity index is 906. The number of thioether (sulfide) groups is 1. The third kappa shape index (κ3) is 4.39. The number of nitrogens with zero attached hydrogens (tertiary/aromatic N) is 1. The van der Waals surface area contributed by atoms with Crippen LogP contribution in [0.2, 0.25) is 0 Å². The van der Waals surface area contributed by atoms with E-state index in [0.29, 0.717) is 20.7 Å². The van der Waals surface area contributed by atoms with E-state index in [1.165, 1.54) is 17.3 Å². The number of aryl methyl sites for hydroxylation is 1. The van der Waals surface area contributed by atoms with Crippen molar-refractivity contribution in [3.63, 3.8) is 0 Å². The van der Waals surface area contributed by atoms with Crippen LogP contribution in [0.1, 0.15) is 30.9 Å². The molecular formula is C22H23NO3S2. The highest BCUT2D eigenvalue weighted by molar-refractivity contribution is 8.27. The summed E-state index contributed by atoms with van der Waals surface area (Å²) in [7, 11) is 3.20. The molecule has 3 rings (SSSR count). The molecule has 2 aromatic carbocycles. The van der Waals surface area contributed by atoms with Crippen molar-refractivity contribution in [2.45, 2.75) is 26.2 Å². The molecule has 0 saturated carbocycles. The van der Waals surface area contributed by atoms with E-state index in [4.69, 9.17) is 21.7 Å². The number of benzene rings is 2. The van der Waals surface area contributed by atoms with Gasteiger partial charge in [-0.1, -0.05) is 49.5 Å². The molecule has 1 aliphatic heterocycles. The lowest BCUT2D eigenvalue weighted by Crippen LogP contribution is -2.27.